The van der Waals surface area contributed by atoms with Gasteiger partial charge in [-0.3, -0.25) is 33.6 Å². The molecule has 24 heteroatoms. The zero-order valence-electron chi connectivity index (χ0n) is 43.0. The number of carbonyl (C=O) groups is 7. The van der Waals surface area contributed by atoms with Crippen molar-refractivity contribution >= 4 is 53.8 Å². The first-order valence-corrected chi connectivity index (χ1v) is 22.8. The number of rotatable bonds is 31. The van der Waals surface area contributed by atoms with E-state index in [9.17, 15) is 79.5 Å². The highest BCUT2D eigenvalue weighted by Crippen LogP contribution is 2.35. The quantitative estimate of drug-likeness (QED) is 0.0123. The summed E-state index contributed by atoms with van der Waals surface area (Å²) in [6, 6.07) is 8.25. The number of ether oxygens (including phenoxy) is 8. The number of aliphatic hydroxyl groups excluding tert-OH is 9. The molecular weight excluding hydrogens is 997 g/mol. The van der Waals surface area contributed by atoms with Crippen molar-refractivity contribution in [1.29, 1.82) is 0 Å². The molecule has 2 aromatic rings. The predicted octanol–water partition coefficient (Wildman–Crippen LogP) is 0.401. The topological polar surface area (TPSA) is 375 Å². The van der Waals surface area contributed by atoms with Gasteiger partial charge in [0.15, 0.2) is 28.8 Å². The van der Waals surface area contributed by atoms with Crippen LogP contribution in [0.5, 0.6) is 23.0 Å². The minimum atomic E-state index is -1.95. The Hall–Kier alpha value is -6.77. The Morgan fingerprint density at radius 3 is 0.960 bits per heavy atom. The van der Waals surface area contributed by atoms with Gasteiger partial charge in [0, 0.05) is 6.08 Å². The SMILES string of the molecule is COc1cc(/C=C/C(=O)C=C(O)/C=C/c2ccc(OC(=O)C(C)(COC(=O)C(C)(CO)CO)COC(=O)C(C)(CO)CO)c(OC)c2)ccc1OC(=O)C(C)(COC(=O)C(C)(CO)CO)COC(=O)C(C)(CO)CO. The number of allylic oxidation sites excluding steroid dienone is 3. The van der Waals surface area contributed by atoms with E-state index in [2.05, 4.69) is 0 Å². The summed E-state index contributed by atoms with van der Waals surface area (Å²) in [5, 5.41) is 87.6. The Labute approximate surface area is 432 Å². The molecule has 0 amide bonds. The van der Waals surface area contributed by atoms with Crippen molar-refractivity contribution in [2.24, 2.45) is 32.5 Å². The molecule has 2 aromatic carbocycles. The molecule has 416 valence electrons. The van der Waals surface area contributed by atoms with Gasteiger partial charge in [-0.1, -0.05) is 24.3 Å². The van der Waals surface area contributed by atoms with Crippen LogP contribution in [0.15, 0.2) is 60.4 Å². The first-order valence-electron chi connectivity index (χ1n) is 22.8. The van der Waals surface area contributed by atoms with Gasteiger partial charge in [-0.25, -0.2) is 0 Å². The Kier molecular flexibility index (Phi) is 24.2. The summed E-state index contributed by atoms with van der Waals surface area (Å²) in [5.41, 5.74) is -10.2. The van der Waals surface area contributed by atoms with Crippen LogP contribution in [-0.4, -0.2) is 181 Å². The average Bonchev–Trinajstić information content (AvgIpc) is 3.42. The van der Waals surface area contributed by atoms with E-state index in [-0.39, 0.29) is 23.0 Å². The third-order valence-electron chi connectivity index (χ3n) is 11.8. The molecule has 0 saturated heterocycles. The van der Waals surface area contributed by atoms with Gasteiger partial charge in [0.25, 0.3) is 0 Å². The summed E-state index contributed by atoms with van der Waals surface area (Å²) in [4.78, 5) is 91.2. The monoisotopic (exact) mass is 1060 g/mol. The lowest BCUT2D eigenvalue weighted by Gasteiger charge is -2.30. The Bertz CT molecular complexity index is 2330. The zero-order valence-corrected chi connectivity index (χ0v) is 43.0. The van der Waals surface area contributed by atoms with Crippen molar-refractivity contribution in [3.05, 3.63) is 71.5 Å². The Morgan fingerprint density at radius 2 is 0.693 bits per heavy atom. The van der Waals surface area contributed by atoms with Gasteiger partial charge in [0.05, 0.1) is 67.1 Å². The second-order valence-electron chi connectivity index (χ2n) is 19.2. The minimum absolute atomic E-state index is 0.0203. The van der Waals surface area contributed by atoms with Crippen LogP contribution in [0.4, 0.5) is 0 Å². The summed E-state index contributed by atoms with van der Waals surface area (Å²) in [6.07, 6.45) is 5.88. The van der Waals surface area contributed by atoms with E-state index in [0.717, 1.165) is 12.2 Å². The normalized spacial score (nSPS) is 12.8. The van der Waals surface area contributed by atoms with Gasteiger partial charge in [-0.2, -0.15) is 0 Å². The molecule has 0 radical (unpaired) electrons. The number of methoxy groups -OCH3 is 2. The number of carbonyl (C=O) groups excluding carboxylic acids is 7. The van der Waals surface area contributed by atoms with E-state index >= 15 is 0 Å². The lowest BCUT2D eigenvalue weighted by atomic mass is 9.90. The van der Waals surface area contributed by atoms with Crippen molar-refractivity contribution in [1.82, 2.24) is 0 Å². The molecule has 0 aliphatic heterocycles. The molecule has 0 aliphatic rings. The predicted molar refractivity (Wildman–Crippen MR) is 260 cm³/mol. The molecule has 2 rings (SSSR count). The number of benzene rings is 2. The fourth-order valence-electron chi connectivity index (χ4n) is 5.42. The molecule has 0 aliphatic carbocycles. The van der Waals surface area contributed by atoms with Gasteiger partial charge in [0.1, 0.15) is 64.7 Å². The van der Waals surface area contributed by atoms with E-state index in [4.69, 9.17) is 37.9 Å². The standard InChI is InChI=1S/C51H68O24/c1-46(20-52,21-53)40(62)70-28-50(5,29-71-41(63)47(2,22-54)23-55)44(66)74-36-15-11-32(17-38(36)68-7)9-13-34(60)19-35(61)14-10-33-12-16-37(39(18-33)69-8)75-45(67)51(6,30-72-42(64)48(3,24-56)25-57)31-73-43(65)49(4,26-58)27-59/h9-19,52-60H,20-31H2,1-8H3/b13-9+,14-10+,34-19?. The molecule has 75 heavy (non-hydrogen) atoms. The van der Waals surface area contributed by atoms with Crippen LogP contribution >= 0.6 is 0 Å². The molecule has 0 saturated carbocycles. The van der Waals surface area contributed by atoms with Crippen LogP contribution in [0.3, 0.4) is 0 Å². The fraction of sp³-hybridized carbons (Fsp3) is 0.510. The maximum Gasteiger partial charge on any atom is 0.324 e. The van der Waals surface area contributed by atoms with Crippen LogP contribution < -0.4 is 18.9 Å². The molecule has 0 spiro atoms. The van der Waals surface area contributed by atoms with E-state index < -0.39 is 159 Å². The summed E-state index contributed by atoms with van der Waals surface area (Å²) in [7, 11) is 2.50. The number of hydrogen-bond donors (Lipinski definition) is 9. The highest BCUT2D eigenvalue weighted by Gasteiger charge is 2.46. The molecule has 0 unspecified atom stereocenters. The lowest BCUT2D eigenvalue weighted by molar-refractivity contribution is -0.178. The van der Waals surface area contributed by atoms with Gasteiger partial charge in [0.2, 0.25) is 0 Å². The van der Waals surface area contributed by atoms with E-state index in [1.54, 1.807) is 0 Å². The first-order chi connectivity index (χ1) is 35.1. The van der Waals surface area contributed by atoms with Crippen LogP contribution in [0.1, 0.15) is 52.7 Å². The molecule has 9 N–H and O–H groups in total. The fourth-order valence-corrected chi connectivity index (χ4v) is 5.42. The number of aliphatic hydroxyl groups is 9. The molecular formula is C51H68O24. The van der Waals surface area contributed by atoms with Crippen molar-refractivity contribution in [2.75, 3.05) is 93.5 Å². The van der Waals surface area contributed by atoms with E-state index in [1.807, 2.05) is 0 Å². The van der Waals surface area contributed by atoms with Gasteiger partial charge in [-0.05, 0) is 89.1 Å². The lowest BCUT2D eigenvalue weighted by Crippen LogP contribution is -2.46. The van der Waals surface area contributed by atoms with Gasteiger partial charge in [-0.15, -0.1) is 0 Å². The number of hydrogen-bond acceptors (Lipinski definition) is 24. The van der Waals surface area contributed by atoms with Crippen LogP contribution in [-0.2, 0) is 52.5 Å². The van der Waals surface area contributed by atoms with E-state index in [0.29, 0.717) is 11.1 Å². The van der Waals surface area contributed by atoms with Crippen molar-refractivity contribution in [3.63, 3.8) is 0 Å². The average molecular weight is 1070 g/mol. The molecule has 0 atom stereocenters. The highest BCUT2D eigenvalue weighted by atomic mass is 16.6. The highest BCUT2D eigenvalue weighted by molar-refractivity contribution is 6.02. The first kappa shape index (κ1) is 64.3. The van der Waals surface area contributed by atoms with Crippen molar-refractivity contribution < 1.29 is 117 Å². The Morgan fingerprint density at radius 1 is 0.413 bits per heavy atom. The van der Waals surface area contributed by atoms with Gasteiger partial charge >= 0.3 is 35.8 Å². The van der Waals surface area contributed by atoms with Crippen molar-refractivity contribution in [2.45, 2.75) is 41.5 Å². The third kappa shape index (κ3) is 17.1. The maximum absolute atomic E-state index is 13.7. The van der Waals surface area contributed by atoms with Crippen LogP contribution in [0, 0.1) is 32.5 Å². The largest absolute Gasteiger partial charge is 0.508 e. The number of esters is 6. The summed E-state index contributed by atoms with van der Waals surface area (Å²) in [5.74, 6) is -8.12. The zero-order chi connectivity index (χ0) is 57.0. The van der Waals surface area contributed by atoms with Crippen LogP contribution in [0.25, 0.3) is 12.2 Å². The second-order valence-corrected chi connectivity index (χ2v) is 19.2. The summed E-state index contributed by atoms with van der Waals surface area (Å²) >= 11 is 0. The maximum atomic E-state index is 13.7. The van der Waals surface area contributed by atoms with Crippen LogP contribution in [0.2, 0.25) is 0 Å². The summed E-state index contributed by atoms with van der Waals surface area (Å²) in [6.45, 7) is -2.27. The minimum Gasteiger partial charge on any atom is -0.508 e. The molecule has 0 fully saturated rings. The third-order valence-corrected chi connectivity index (χ3v) is 11.8. The van der Waals surface area contributed by atoms with Crippen molar-refractivity contribution in [3.8, 4) is 23.0 Å². The van der Waals surface area contributed by atoms with Gasteiger partial charge < -0.3 is 83.9 Å². The number of ketones is 1. The molecule has 0 heterocycles. The Balaban J connectivity index is 2.30. The second kappa shape index (κ2) is 28.2. The molecule has 0 bridgehead atoms. The smallest absolute Gasteiger partial charge is 0.324 e. The summed E-state index contributed by atoms with van der Waals surface area (Å²) < 4.78 is 42.9. The van der Waals surface area contributed by atoms with E-state index in [1.165, 1.54) is 110 Å². The molecule has 24 nitrogen and oxygen atoms in total. The molecule has 0 aromatic heterocycles.